The van der Waals surface area contributed by atoms with Crippen molar-refractivity contribution in [3.8, 4) is 11.5 Å². The first kappa shape index (κ1) is 12.1. The van der Waals surface area contributed by atoms with Gasteiger partial charge in [0.15, 0.2) is 11.5 Å². The van der Waals surface area contributed by atoms with E-state index in [1.807, 2.05) is 18.2 Å². The van der Waals surface area contributed by atoms with Crippen LogP contribution in [0.1, 0.15) is 6.42 Å². The van der Waals surface area contributed by atoms with Crippen LogP contribution in [0.2, 0.25) is 0 Å². The van der Waals surface area contributed by atoms with Gasteiger partial charge in [0.05, 0.1) is 26.1 Å². The van der Waals surface area contributed by atoms with Crippen LogP contribution in [-0.2, 0) is 9.53 Å². The summed E-state index contributed by atoms with van der Waals surface area (Å²) >= 11 is 1.42. The van der Waals surface area contributed by atoms with E-state index in [1.165, 1.54) is 18.9 Å². The Bertz CT molecular complexity index is 405. The van der Waals surface area contributed by atoms with E-state index in [4.69, 9.17) is 9.47 Å². The number of carbonyl (C=O) groups excluding carboxylic acids is 1. The molecule has 17 heavy (non-hydrogen) atoms. The zero-order chi connectivity index (χ0) is 12.1. The van der Waals surface area contributed by atoms with Gasteiger partial charge < -0.3 is 14.2 Å². The predicted molar refractivity (Wildman–Crippen MR) is 64.8 cm³/mol. The third-order valence-corrected chi connectivity index (χ3v) is 3.27. The summed E-state index contributed by atoms with van der Waals surface area (Å²) in [5.41, 5.74) is 0. The number of hydrogen-bond donors (Lipinski definition) is 0. The first-order valence-corrected chi connectivity index (χ1v) is 6.37. The summed E-state index contributed by atoms with van der Waals surface area (Å²) in [6.07, 6.45) is 0.888. The lowest BCUT2D eigenvalue weighted by molar-refractivity contribution is -0.137. The van der Waals surface area contributed by atoms with Crippen LogP contribution in [0.3, 0.4) is 0 Å². The van der Waals surface area contributed by atoms with Gasteiger partial charge in [0.1, 0.15) is 0 Å². The summed E-state index contributed by atoms with van der Waals surface area (Å²) in [5, 5.41) is 0. The van der Waals surface area contributed by atoms with Gasteiger partial charge in [-0.1, -0.05) is 0 Å². The topological polar surface area (TPSA) is 44.8 Å². The average molecular weight is 254 g/mol. The number of hydrogen-bond acceptors (Lipinski definition) is 5. The highest BCUT2D eigenvalue weighted by molar-refractivity contribution is 8.00. The number of benzene rings is 1. The number of rotatable bonds is 3. The first-order valence-electron chi connectivity index (χ1n) is 5.39. The number of esters is 1. The summed E-state index contributed by atoms with van der Waals surface area (Å²) in [6.45, 7) is 1.35. The maximum absolute atomic E-state index is 11.0. The van der Waals surface area contributed by atoms with E-state index < -0.39 is 0 Å². The lowest BCUT2D eigenvalue weighted by atomic mass is 10.3. The summed E-state index contributed by atoms with van der Waals surface area (Å²) < 4.78 is 15.7. The lowest BCUT2D eigenvalue weighted by Gasteiger charge is -2.08. The Morgan fingerprint density at radius 3 is 2.88 bits per heavy atom. The molecule has 1 heterocycles. The van der Waals surface area contributed by atoms with Crippen molar-refractivity contribution in [3.05, 3.63) is 18.2 Å². The molecule has 1 aliphatic heterocycles. The molecule has 0 aromatic heterocycles. The van der Waals surface area contributed by atoms with Crippen LogP contribution in [-0.4, -0.2) is 32.0 Å². The van der Waals surface area contributed by atoms with Gasteiger partial charge in [-0.15, -0.1) is 11.8 Å². The van der Waals surface area contributed by atoms with Crippen LogP contribution >= 0.6 is 11.8 Å². The van der Waals surface area contributed by atoms with Gasteiger partial charge in [0.25, 0.3) is 0 Å². The van der Waals surface area contributed by atoms with Crippen LogP contribution in [0, 0.1) is 0 Å². The number of thioether (sulfide) groups is 1. The Morgan fingerprint density at radius 1 is 1.35 bits per heavy atom. The Morgan fingerprint density at radius 2 is 2.12 bits per heavy atom. The van der Waals surface area contributed by atoms with Crippen LogP contribution < -0.4 is 9.47 Å². The molecule has 4 nitrogen and oxygen atoms in total. The van der Waals surface area contributed by atoms with E-state index >= 15 is 0 Å². The Kier molecular flexibility index (Phi) is 4.14. The predicted octanol–water partition coefficient (Wildman–Crippen LogP) is 2.11. The molecule has 0 aliphatic carbocycles. The molecule has 0 fully saturated rings. The molecule has 0 saturated carbocycles. The molecule has 0 amide bonds. The van der Waals surface area contributed by atoms with Gasteiger partial charge in [-0.3, -0.25) is 4.79 Å². The number of carbonyl (C=O) groups is 1. The normalized spacial score (nSPS) is 13.9. The minimum absolute atomic E-state index is 0.234. The van der Waals surface area contributed by atoms with Crippen molar-refractivity contribution in [3.63, 3.8) is 0 Å². The second kappa shape index (κ2) is 5.82. The minimum Gasteiger partial charge on any atom is -0.490 e. The first-order chi connectivity index (χ1) is 8.29. The largest absolute Gasteiger partial charge is 0.490 e. The molecule has 5 heteroatoms. The van der Waals surface area contributed by atoms with Crippen LogP contribution in [0.15, 0.2) is 23.1 Å². The maximum atomic E-state index is 11.0. The van der Waals surface area contributed by atoms with Crippen molar-refractivity contribution in [1.82, 2.24) is 0 Å². The molecule has 0 spiro atoms. The smallest absolute Gasteiger partial charge is 0.315 e. The third-order valence-electron chi connectivity index (χ3n) is 2.30. The quantitative estimate of drug-likeness (QED) is 0.610. The Labute approximate surface area is 104 Å². The molecule has 2 rings (SSSR count). The van der Waals surface area contributed by atoms with Crippen molar-refractivity contribution in [2.45, 2.75) is 11.3 Å². The van der Waals surface area contributed by atoms with E-state index in [-0.39, 0.29) is 5.97 Å². The van der Waals surface area contributed by atoms with Gasteiger partial charge in [0, 0.05) is 11.3 Å². The average Bonchev–Trinajstić information content (AvgIpc) is 2.60. The van der Waals surface area contributed by atoms with Crippen LogP contribution in [0.5, 0.6) is 11.5 Å². The fourth-order valence-corrected chi connectivity index (χ4v) is 2.19. The monoisotopic (exact) mass is 254 g/mol. The van der Waals surface area contributed by atoms with Crippen molar-refractivity contribution >= 4 is 17.7 Å². The standard InChI is InChI=1S/C12H14O4S/c1-14-12(13)8-17-9-3-4-10-11(7-9)16-6-2-5-15-10/h3-4,7H,2,5-6,8H2,1H3. The molecular weight excluding hydrogens is 240 g/mol. The Balaban J connectivity index is 2.04. The molecular formula is C12H14O4S. The third kappa shape index (κ3) is 3.30. The zero-order valence-corrected chi connectivity index (χ0v) is 10.4. The van der Waals surface area contributed by atoms with E-state index in [9.17, 15) is 4.79 Å². The Hall–Kier alpha value is -1.36. The van der Waals surface area contributed by atoms with Crippen molar-refractivity contribution < 1.29 is 19.0 Å². The summed E-state index contributed by atoms with van der Waals surface area (Å²) in [4.78, 5) is 12.0. The number of fused-ring (bicyclic) bond motifs is 1. The molecule has 0 atom stereocenters. The van der Waals surface area contributed by atoms with E-state index in [0.29, 0.717) is 19.0 Å². The zero-order valence-electron chi connectivity index (χ0n) is 9.60. The highest BCUT2D eigenvalue weighted by Crippen LogP contribution is 2.33. The molecule has 92 valence electrons. The summed E-state index contributed by atoms with van der Waals surface area (Å²) in [5.74, 6) is 1.58. The van der Waals surface area contributed by atoms with Gasteiger partial charge in [0.2, 0.25) is 0 Å². The summed E-state index contributed by atoms with van der Waals surface area (Å²) in [6, 6.07) is 5.69. The van der Waals surface area contributed by atoms with Crippen molar-refractivity contribution in [2.24, 2.45) is 0 Å². The molecule has 1 aliphatic rings. The van der Waals surface area contributed by atoms with E-state index in [1.54, 1.807) is 0 Å². The fraction of sp³-hybridized carbons (Fsp3) is 0.417. The fourth-order valence-electron chi connectivity index (χ4n) is 1.43. The second-order valence-corrected chi connectivity index (χ2v) is 4.57. The van der Waals surface area contributed by atoms with Gasteiger partial charge in [-0.05, 0) is 18.2 Å². The lowest BCUT2D eigenvalue weighted by Crippen LogP contribution is -2.02. The minimum atomic E-state index is -0.234. The summed E-state index contributed by atoms with van der Waals surface area (Å²) in [7, 11) is 1.39. The number of methoxy groups -OCH3 is 1. The molecule has 1 aromatic rings. The van der Waals surface area contributed by atoms with Gasteiger partial charge in [-0.25, -0.2) is 0 Å². The molecule has 0 bridgehead atoms. The molecule has 0 radical (unpaired) electrons. The highest BCUT2D eigenvalue weighted by Gasteiger charge is 2.11. The molecule has 0 unspecified atom stereocenters. The van der Waals surface area contributed by atoms with Crippen molar-refractivity contribution in [2.75, 3.05) is 26.1 Å². The number of ether oxygens (including phenoxy) is 3. The van der Waals surface area contributed by atoms with E-state index in [0.717, 1.165) is 22.8 Å². The highest BCUT2D eigenvalue weighted by atomic mass is 32.2. The molecule has 0 saturated heterocycles. The van der Waals surface area contributed by atoms with Gasteiger partial charge in [-0.2, -0.15) is 0 Å². The van der Waals surface area contributed by atoms with E-state index in [2.05, 4.69) is 4.74 Å². The van der Waals surface area contributed by atoms with Crippen LogP contribution in [0.4, 0.5) is 0 Å². The maximum Gasteiger partial charge on any atom is 0.315 e. The van der Waals surface area contributed by atoms with Gasteiger partial charge >= 0.3 is 5.97 Å². The van der Waals surface area contributed by atoms with Crippen LogP contribution in [0.25, 0.3) is 0 Å². The molecule has 1 aromatic carbocycles. The second-order valence-electron chi connectivity index (χ2n) is 3.52. The molecule has 0 N–H and O–H groups in total. The van der Waals surface area contributed by atoms with Crippen molar-refractivity contribution in [1.29, 1.82) is 0 Å². The SMILES string of the molecule is COC(=O)CSc1ccc2c(c1)OCCCO2.